The molecule has 0 saturated carbocycles. The lowest BCUT2D eigenvalue weighted by molar-refractivity contribution is -0.385. The Labute approximate surface area is 127 Å². The minimum atomic E-state index is -0.867. The maximum absolute atomic E-state index is 13.3. The number of aryl methyl sites for hydroxylation is 1. The Morgan fingerprint density at radius 1 is 1.30 bits per heavy atom. The first-order valence-electron chi connectivity index (χ1n) is 5.46. The van der Waals surface area contributed by atoms with E-state index in [-0.39, 0.29) is 10.8 Å². The van der Waals surface area contributed by atoms with Gasteiger partial charge in [-0.05, 0) is 40.5 Å². The second kappa shape index (κ2) is 5.76. The van der Waals surface area contributed by atoms with E-state index in [0.29, 0.717) is 10.2 Å². The van der Waals surface area contributed by atoms with Gasteiger partial charge in [0, 0.05) is 6.07 Å². The summed E-state index contributed by atoms with van der Waals surface area (Å²) in [7, 11) is 0. The molecule has 4 nitrogen and oxygen atoms in total. The summed E-state index contributed by atoms with van der Waals surface area (Å²) in [4.78, 5) is 10.2. The predicted molar refractivity (Wildman–Crippen MR) is 77.0 cm³/mol. The molecule has 0 radical (unpaired) electrons. The van der Waals surface area contributed by atoms with E-state index in [0.717, 1.165) is 17.7 Å². The van der Waals surface area contributed by atoms with Crippen LogP contribution in [0.4, 0.5) is 10.1 Å². The van der Waals surface area contributed by atoms with Crippen molar-refractivity contribution >= 4 is 33.2 Å². The topological polar surface area (TPSA) is 52.4 Å². The molecule has 0 bridgehead atoms. The molecule has 2 aromatic carbocycles. The Balaban J connectivity index is 2.47. The van der Waals surface area contributed by atoms with Gasteiger partial charge in [0.1, 0.15) is 11.6 Å². The molecule has 2 rings (SSSR count). The predicted octanol–water partition coefficient (Wildman–Crippen LogP) is 5.25. The number of hydrogen-bond acceptors (Lipinski definition) is 3. The van der Waals surface area contributed by atoms with Crippen molar-refractivity contribution in [2.75, 3.05) is 0 Å². The molecule has 0 aliphatic heterocycles. The van der Waals surface area contributed by atoms with Gasteiger partial charge < -0.3 is 4.74 Å². The summed E-state index contributed by atoms with van der Waals surface area (Å²) < 4.78 is 19.4. The van der Waals surface area contributed by atoms with Crippen molar-refractivity contribution in [3.8, 4) is 11.5 Å². The zero-order chi connectivity index (χ0) is 14.9. The second-order valence-electron chi connectivity index (χ2n) is 4.03. The highest BCUT2D eigenvalue weighted by Gasteiger charge is 2.20. The number of nitrogens with zero attached hydrogens (tertiary/aromatic N) is 1. The van der Waals surface area contributed by atoms with Crippen LogP contribution in [0.3, 0.4) is 0 Å². The van der Waals surface area contributed by atoms with Gasteiger partial charge >= 0.3 is 5.69 Å². The molecule has 0 heterocycles. The van der Waals surface area contributed by atoms with Gasteiger partial charge in [-0.3, -0.25) is 10.1 Å². The fraction of sp³-hybridized carbons (Fsp3) is 0.0769. The summed E-state index contributed by atoms with van der Waals surface area (Å²) in [6.45, 7) is 1.89. The van der Waals surface area contributed by atoms with Crippen LogP contribution in [0, 0.1) is 22.9 Å². The minimum absolute atomic E-state index is 0.119. The average Bonchev–Trinajstić information content (AvgIpc) is 2.36. The van der Waals surface area contributed by atoms with Crippen molar-refractivity contribution in [1.82, 2.24) is 0 Å². The van der Waals surface area contributed by atoms with Gasteiger partial charge in [-0.2, -0.15) is 0 Å². The Hall–Kier alpha value is -1.66. The van der Waals surface area contributed by atoms with E-state index in [4.69, 9.17) is 16.3 Å². The van der Waals surface area contributed by atoms with E-state index >= 15 is 0 Å². The Morgan fingerprint density at radius 2 is 2.00 bits per heavy atom. The first kappa shape index (κ1) is 14.7. The van der Waals surface area contributed by atoms with Gasteiger partial charge in [-0.25, -0.2) is 4.39 Å². The number of ether oxygens (including phenoxy) is 1. The summed E-state index contributed by atoms with van der Waals surface area (Å²) in [5, 5.41) is 10.7. The van der Waals surface area contributed by atoms with Crippen molar-refractivity contribution in [3.05, 3.63) is 61.3 Å². The molecule has 0 spiro atoms. The van der Waals surface area contributed by atoms with Crippen LogP contribution in [0.1, 0.15) is 5.56 Å². The largest absolute Gasteiger partial charge is 0.449 e. The van der Waals surface area contributed by atoms with Crippen molar-refractivity contribution in [2.45, 2.75) is 6.92 Å². The summed E-state index contributed by atoms with van der Waals surface area (Å²) in [5.41, 5.74) is 0.509. The summed E-state index contributed by atoms with van der Waals surface area (Å²) in [5.74, 6) is -0.610. The fourth-order valence-electron chi connectivity index (χ4n) is 1.55. The lowest BCUT2D eigenvalue weighted by Crippen LogP contribution is -1.95. The number of hydrogen-bond donors (Lipinski definition) is 0. The van der Waals surface area contributed by atoms with Crippen molar-refractivity contribution < 1.29 is 14.1 Å². The molecule has 0 fully saturated rings. The third-order valence-electron chi connectivity index (χ3n) is 2.51. The average molecular weight is 361 g/mol. The van der Waals surface area contributed by atoms with Crippen molar-refractivity contribution in [3.63, 3.8) is 0 Å². The van der Waals surface area contributed by atoms with Gasteiger partial charge in [0.05, 0.1) is 20.5 Å². The molecular formula is C13H8BrClFNO3. The Bertz CT molecular complexity index is 694. The van der Waals surface area contributed by atoms with Gasteiger partial charge in [0.2, 0.25) is 5.75 Å². The molecule has 0 aliphatic carbocycles. The van der Waals surface area contributed by atoms with E-state index in [9.17, 15) is 14.5 Å². The lowest BCUT2D eigenvalue weighted by Gasteiger charge is -2.09. The summed E-state index contributed by atoms with van der Waals surface area (Å²) >= 11 is 8.93. The van der Waals surface area contributed by atoms with Crippen LogP contribution in [0.25, 0.3) is 0 Å². The maximum atomic E-state index is 13.3. The van der Waals surface area contributed by atoms with Gasteiger partial charge in [-0.1, -0.05) is 17.7 Å². The molecule has 0 unspecified atom stereocenters. The van der Waals surface area contributed by atoms with Crippen molar-refractivity contribution in [1.29, 1.82) is 0 Å². The monoisotopic (exact) mass is 359 g/mol. The molecule has 104 valence electrons. The molecule has 7 heteroatoms. The SMILES string of the molecule is Cc1ccc(Oc2cc(Cl)c(F)cc2[N+](=O)[O-])c(Br)c1. The zero-order valence-corrected chi connectivity index (χ0v) is 12.5. The number of rotatable bonds is 3. The molecule has 0 amide bonds. The van der Waals surface area contributed by atoms with E-state index in [1.807, 2.05) is 6.92 Å². The molecule has 0 aromatic heterocycles. The van der Waals surface area contributed by atoms with Crippen molar-refractivity contribution in [2.24, 2.45) is 0 Å². The van der Waals surface area contributed by atoms with Gasteiger partial charge in [-0.15, -0.1) is 0 Å². The quantitative estimate of drug-likeness (QED) is 0.555. The molecule has 0 aliphatic rings. The first-order chi connectivity index (χ1) is 9.38. The molecule has 20 heavy (non-hydrogen) atoms. The van der Waals surface area contributed by atoms with E-state index in [1.165, 1.54) is 0 Å². The highest BCUT2D eigenvalue weighted by atomic mass is 79.9. The van der Waals surface area contributed by atoms with Crippen LogP contribution in [0.15, 0.2) is 34.8 Å². The minimum Gasteiger partial charge on any atom is -0.449 e. The highest BCUT2D eigenvalue weighted by Crippen LogP contribution is 2.38. The fourth-order valence-corrected chi connectivity index (χ4v) is 2.28. The van der Waals surface area contributed by atoms with E-state index in [1.54, 1.807) is 18.2 Å². The van der Waals surface area contributed by atoms with Crippen LogP contribution in [-0.2, 0) is 0 Å². The third-order valence-corrected chi connectivity index (χ3v) is 3.42. The molecular weight excluding hydrogens is 353 g/mol. The van der Waals surface area contributed by atoms with Crippen LogP contribution < -0.4 is 4.74 Å². The number of halogens is 3. The summed E-state index contributed by atoms with van der Waals surface area (Å²) in [6.07, 6.45) is 0. The van der Waals surface area contributed by atoms with Crippen LogP contribution in [-0.4, -0.2) is 4.92 Å². The number of nitro groups is 1. The Kier molecular flexibility index (Phi) is 4.25. The second-order valence-corrected chi connectivity index (χ2v) is 5.29. The zero-order valence-electron chi connectivity index (χ0n) is 10.2. The smallest absolute Gasteiger partial charge is 0.314 e. The van der Waals surface area contributed by atoms with E-state index in [2.05, 4.69) is 15.9 Å². The highest BCUT2D eigenvalue weighted by molar-refractivity contribution is 9.10. The van der Waals surface area contributed by atoms with Crippen LogP contribution in [0.2, 0.25) is 5.02 Å². The molecule has 0 atom stereocenters. The van der Waals surface area contributed by atoms with Gasteiger partial charge in [0.25, 0.3) is 0 Å². The molecule has 0 N–H and O–H groups in total. The third kappa shape index (κ3) is 3.08. The normalized spacial score (nSPS) is 10.4. The standard InChI is InChI=1S/C13H8BrClFNO3/c1-7-2-3-12(8(14)4-7)20-13-5-9(15)10(16)6-11(13)17(18)19/h2-6H,1H3. The van der Waals surface area contributed by atoms with Crippen LogP contribution in [0.5, 0.6) is 11.5 Å². The maximum Gasteiger partial charge on any atom is 0.314 e. The lowest BCUT2D eigenvalue weighted by atomic mass is 10.2. The van der Waals surface area contributed by atoms with Gasteiger partial charge in [0.15, 0.2) is 0 Å². The molecule has 2 aromatic rings. The first-order valence-corrected chi connectivity index (χ1v) is 6.63. The van der Waals surface area contributed by atoms with E-state index < -0.39 is 16.4 Å². The Morgan fingerprint density at radius 3 is 2.60 bits per heavy atom. The number of benzene rings is 2. The van der Waals surface area contributed by atoms with Crippen LogP contribution >= 0.6 is 27.5 Å². The number of nitro benzene ring substituents is 1. The molecule has 0 saturated heterocycles. The summed E-state index contributed by atoms with van der Waals surface area (Å²) in [6, 6.07) is 7.06.